The molecule has 0 atom stereocenters. The molecule has 5 heteroatoms. The Hall–Kier alpha value is -0.840. The highest BCUT2D eigenvalue weighted by atomic mass is 79.9. The zero-order valence-corrected chi connectivity index (χ0v) is 13.5. The molecule has 0 saturated carbocycles. The zero-order valence-electron chi connectivity index (χ0n) is 11.1. The van der Waals surface area contributed by atoms with Crippen molar-refractivity contribution < 1.29 is 4.42 Å². The van der Waals surface area contributed by atoms with E-state index in [0.29, 0.717) is 17.5 Å². The van der Waals surface area contributed by atoms with E-state index in [9.17, 15) is 0 Å². The number of halogens is 2. The fourth-order valence-corrected chi connectivity index (χ4v) is 2.11. The lowest BCUT2D eigenvalue weighted by Gasteiger charge is -2.19. The topological polar surface area (TPSA) is 38.1 Å². The fraction of sp³-hybridized carbons (Fsp3) is 0.357. The molecule has 0 radical (unpaired) electrons. The molecule has 2 rings (SSSR count). The Kier molecular flexibility index (Phi) is 4.33. The second-order valence-corrected chi connectivity index (χ2v) is 6.58. The van der Waals surface area contributed by atoms with Gasteiger partial charge in [0.1, 0.15) is 6.26 Å². The van der Waals surface area contributed by atoms with Gasteiger partial charge >= 0.3 is 0 Å². The molecule has 0 bridgehead atoms. The van der Waals surface area contributed by atoms with Gasteiger partial charge in [0.2, 0.25) is 5.89 Å². The SMILES string of the molecule is CC(C)(C)NCc1coc(-c2cccc(Br)c2Cl)n1. The molecule has 0 amide bonds. The number of hydrogen-bond donors (Lipinski definition) is 1. The summed E-state index contributed by atoms with van der Waals surface area (Å²) >= 11 is 9.62. The van der Waals surface area contributed by atoms with Crippen LogP contribution in [0, 0.1) is 0 Å². The van der Waals surface area contributed by atoms with Gasteiger partial charge in [0.25, 0.3) is 0 Å². The molecule has 0 saturated heterocycles. The summed E-state index contributed by atoms with van der Waals surface area (Å²) in [5, 5.41) is 3.98. The van der Waals surface area contributed by atoms with Gasteiger partial charge in [-0.1, -0.05) is 17.7 Å². The maximum absolute atomic E-state index is 6.22. The molecule has 1 N–H and O–H groups in total. The van der Waals surface area contributed by atoms with Crippen LogP contribution in [0.25, 0.3) is 11.5 Å². The first kappa shape index (κ1) is 14.6. The molecule has 0 aliphatic heterocycles. The highest BCUT2D eigenvalue weighted by Crippen LogP contribution is 2.33. The molecule has 0 fully saturated rings. The predicted molar refractivity (Wildman–Crippen MR) is 81.2 cm³/mol. The summed E-state index contributed by atoms with van der Waals surface area (Å²) < 4.78 is 6.33. The van der Waals surface area contributed by atoms with Crippen molar-refractivity contribution in [3.8, 4) is 11.5 Å². The average molecular weight is 344 g/mol. The van der Waals surface area contributed by atoms with Crippen LogP contribution in [0.4, 0.5) is 0 Å². The van der Waals surface area contributed by atoms with Crippen LogP contribution in [0.3, 0.4) is 0 Å². The van der Waals surface area contributed by atoms with E-state index in [1.54, 1.807) is 6.26 Å². The quantitative estimate of drug-likeness (QED) is 0.882. The van der Waals surface area contributed by atoms with Crippen molar-refractivity contribution in [2.75, 3.05) is 0 Å². The number of nitrogens with zero attached hydrogens (tertiary/aromatic N) is 1. The van der Waals surface area contributed by atoms with E-state index in [4.69, 9.17) is 16.0 Å². The first-order valence-corrected chi connectivity index (χ1v) is 7.18. The summed E-state index contributed by atoms with van der Waals surface area (Å²) in [6.07, 6.45) is 1.66. The summed E-state index contributed by atoms with van der Waals surface area (Å²) in [6, 6.07) is 5.68. The molecule has 0 aliphatic carbocycles. The molecule has 0 aliphatic rings. The van der Waals surface area contributed by atoms with Crippen LogP contribution in [-0.2, 0) is 6.54 Å². The lowest BCUT2D eigenvalue weighted by molar-refractivity contribution is 0.421. The maximum atomic E-state index is 6.22. The van der Waals surface area contributed by atoms with E-state index in [0.717, 1.165) is 15.7 Å². The number of rotatable bonds is 3. The molecular weight excluding hydrogens is 328 g/mol. The van der Waals surface area contributed by atoms with Crippen LogP contribution >= 0.6 is 27.5 Å². The first-order valence-electron chi connectivity index (χ1n) is 6.00. The Labute approximate surface area is 126 Å². The zero-order chi connectivity index (χ0) is 14.0. The normalized spacial score (nSPS) is 11.8. The highest BCUT2D eigenvalue weighted by Gasteiger charge is 2.14. The van der Waals surface area contributed by atoms with Gasteiger partial charge < -0.3 is 9.73 Å². The highest BCUT2D eigenvalue weighted by molar-refractivity contribution is 9.10. The standard InChI is InChI=1S/C14H16BrClN2O/c1-14(2,3)17-7-9-8-19-13(18-9)10-5-4-6-11(15)12(10)16/h4-6,8,17H,7H2,1-3H3. The van der Waals surface area contributed by atoms with Crippen molar-refractivity contribution in [3.63, 3.8) is 0 Å². The molecule has 1 aromatic carbocycles. The Morgan fingerprint density at radius 3 is 2.79 bits per heavy atom. The summed E-state index contributed by atoms with van der Waals surface area (Å²) in [5.74, 6) is 0.539. The van der Waals surface area contributed by atoms with Crippen LogP contribution < -0.4 is 5.32 Å². The number of aromatic nitrogens is 1. The largest absolute Gasteiger partial charge is 0.444 e. The van der Waals surface area contributed by atoms with Crippen molar-refractivity contribution in [2.45, 2.75) is 32.9 Å². The molecule has 0 unspecified atom stereocenters. The van der Waals surface area contributed by atoms with Crippen LogP contribution in [-0.4, -0.2) is 10.5 Å². The minimum Gasteiger partial charge on any atom is -0.444 e. The van der Waals surface area contributed by atoms with Gasteiger partial charge in [-0.2, -0.15) is 0 Å². The van der Waals surface area contributed by atoms with Crippen molar-refractivity contribution in [1.29, 1.82) is 0 Å². The summed E-state index contributed by atoms with van der Waals surface area (Å²) in [4.78, 5) is 4.45. The van der Waals surface area contributed by atoms with Crippen LogP contribution in [0.2, 0.25) is 5.02 Å². The maximum Gasteiger partial charge on any atom is 0.227 e. The van der Waals surface area contributed by atoms with Crippen molar-refractivity contribution >= 4 is 27.5 Å². The fourth-order valence-electron chi connectivity index (χ4n) is 1.54. The molecule has 1 heterocycles. The smallest absolute Gasteiger partial charge is 0.227 e. The monoisotopic (exact) mass is 342 g/mol. The van der Waals surface area contributed by atoms with E-state index in [1.807, 2.05) is 18.2 Å². The van der Waals surface area contributed by atoms with E-state index in [1.165, 1.54) is 0 Å². The average Bonchev–Trinajstić information content (AvgIpc) is 2.78. The Balaban J connectivity index is 2.19. The third-order valence-corrected chi connectivity index (χ3v) is 3.83. The second kappa shape index (κ2) is 5.65. The van der Waals surface area contributed by atoms with Gasteiger partial charge in [-0.25, -0.2) is 4.98 Å². The number of benzene rings is 1. The number of nitrogens with one attached hydrogen (secondary N) is 1. The molecule has 19 heavy (non-hydrogen) atoms. The number of hydrogen-bond acceptors (Lipinski definition) is 3. The Morgan fingerprint density at radius 2 is 2.11 bits per heavy atom. The summed E-state index contributed by atoms with van der Waals surface area (Å²) in [5.41, 5.74) is 1.70. The van der Waals surface area contributed by atoms with E-state index in [2.05, 4.69) is 47.0 Å². The van der Waals surface area contributed by atoms with Crippen LogP contribution in [0.5, 0.6) is 0 Å². The van der Waals surface area contributed by atoms with Gasteiger partial charge in [-0.3, -0.25) is 0 Å². The van der Waals surface area contributed by atoms with E-state index in [-0.39, 0.29) is 5.54 Å². The molecule has 2 aromatic rings. The minimum atomic E-state index is 0.0481. The Bertz CT molecular complexity index is 575. The van der Waals surface area contributed by atoms with Crippen molar-refractivity contribution in [3.05, 3.63) is 39.7 Å². The molecule has 1 aromatic heterocycles. The van der Waals surface area contributed by atoms with Gasteiger partial charge in [-0.15, -0.1) is 0 Å². The Morgan fingerprint density at radius 1 is 1.37 bits per heavy atom. The van der Waals surface area contributed by atoms with Gasteiger partial charge in [0.15, 0.2) is 0 Å². The van der Waals surface area contributed by atoms with Gasteiger partial charge in [-0.05, 0) is 48.8 Å². The van der Waals surface area contributed by atoms with E-state index < -0.39 is 0 Å². The molecule has 3 nitrogen and oxygen atoms in total. The number of oxazole rings is 1. The van der Waals surface area contributed by atoms with Crippen LogP contribution in [0.1, 0.15) is 26.5 Å². The van der Waals surface area contributed by atoms with Crippen LogP contribution in [0.15, 0.2) is 33.4 Å². The lowest BCUT2D eigenvalue weighted by Crippen LogP contribution is -2.35. The van der Waals surface area contributed by atoms with Gasteiger partial charge in [0.05, 0.1) is 16.3 Å². The molecule has 0 spiro atoms. The first-order chi connectivity index (χ1) is 8.87. The summed E-state index contributed by atoms with van der Waals surface area (Å²) in [6.45, 7) is 7.00. The lowest BCUT2D eigenvalue weighted by atomic mass is 10.1. The molecular formula is C14H16BrClN2O. The van der Waals surface area contributed by atoms with Gasteiger partial charge in [0, 0.05) is 16.6 Å². The predicted octanol–water partition coefficient (Wildman–Crippen LogP) is 4.65. The summed E-state index contributed by atoms with van der Waals surface area (Å²) in [7, 11) is 0. The van der Waals surface area contributed by atoms with Crippen molar-refractivity contribution in [2.24, 2.45) is 0 Å². The molecule has 102 valence electrons. The minimum absolute atomic E-state index is 0.0481. The third-order valence-electron chi connectivity index (χ3n) is 2.53. The second-order valence-electron chi connectivity index (χ2n) is 5.35. The van der Waals surface area contributed by atoms with E-state index >= 15 is 0 Å². The van der Waals surface area contributed by atoms with Crippen molar-refractivity contribution in [1.82, 2.24) is 10.3 Å². The third kappa shape index (κ3) is 3.81.